The molecule has 0 bridgehead atoms. The molecule has 0 heterocycles. The largest absolute Gasteiger partial charge is 0.322 e. The summed E-state index contributed by atoms with van der Waals surface area (Å²) in [6.07, 6.45) is 3.18. The molecule has 1 amide bonds. The van der Waals surface area contributed by atoms with Crippen LogP contribution in [0.3, 0.4) is 0 Å². The highest BCUT2D eigenvalue weighted by Crippen LogP contribution is 2.23. The van der Waals surface area contributed by atoms with Gasteiger partial charge in [0.2, 0.25) is 5.91 Å². The molecule has 2 aromatic carbocycles. The van der Waals surface area contributed by atoms with Gasteiger partial charge in [-0.2, -0.15) is 0 Å². The number of nitrogens with one attached hydrogen (secondary N) is 1. The molecular formula is C17H15Cl2NO. The lowest BCUT2D eigenvalue weighted by Gasteiger charge is -2.09. The van der Waals surface area contributed by atoms with Crippen molar-refractivity contribution in [2.75, 3.05) is 5.32 Å². The molecule has 0 fully saturated rings. The van der Waals surface area contributed by atoms with Crippen molar-refractivity contribution in [3.63, 3.8) is 0 Å². The van der Waals surface area contributed by atoms with Gasteiger partial charge in [0, 0.05) is 11.8 Å². The first-order chi connectivity index (χ1) is 9.97. The summed E-state index contributed by atoms with van der Waals surface area (Å²) in [4.78, 5) is 12.0. The summed E-state index contributed by atoms with van der Waals surface area (Å²) in [5, 5.41) is 3.85. The molecule has 4 heteroatoms. The van der Waals surface area contributed by atoms with E-state index in [-0.39, 0.29) is 5.91 Å². The number of aryl methyl sites for hydroxylation is 2. The maximum Gasteiger partial charge on any atom is 0.248 e. The van der Waals surface area contributed by atoms with Crippen molar-refractivity contribution in [1.82, 2.24) is 0 Å². The van der Waals surface area contributed by atoms with Crippen molar-refractivity contribution >= 4 is 40.9 Å². The van der Waals surface area contributed by atoms with Crippen LogP contribution in [0.5, 0.6) is 0 Å². The van der Waals surface area contributed by atoms with Gasteiger partial charge in [0.1, 0.15) is 0 Å². The van der Waals surface area contributed by atoms with Crippen LogP contribution in [0.25, 0.3) is 6.08 Å². The summed E-state index contributed by atoms with van der Waals surface area (Å²) in [5.41, 5.74) is 3.74. The van der Waals surface area contributed by atoms with Gasteiger partial charge >= 0.3 is 0 Å². The molecule has 0 unspecified atom stereocenters. The van der Waals surface area contributed by atoms with Crippen molar-refractivity contribution < 1.29 is 4.79 Å². The van der Waals surface area contributed by atoms with E-state index >= 15 is 0 Å². The van der Waals surface area contributed by atoms with E-state index in [9.17, 15) is 4.79 Å². The molecule has 0 aliphatic rings. The van der Waals surface area contributed by atoms with Gasteiger partial charge in [0.25, 0.3) is 0 Å². The fourth-order valence-electron chi connectivity index (χ4n) is 1.96. The van der Waals surface area contributed by atoms with E-state index in [1.165, 1.54) is 6.08 Å². The van der Waals surface area contributed by atoms with E-state index in [0.717, 1.165) is 22.4 Å². The van der Waals surface area contributed by atoms with Gasteiger partial charge in [0.05, 0.1) is 10.0 Å². The van der Waals surface area contributed by atoms with Crippen LogP contribution in [0, 0.1) is 13.8 Å². The summed E-state index contributed by atoms with van der Waals surface area (Å²) in [6, 6.07) is 11.1. The zero-order valence-electron chi connectivity index (χ0n) is 11.8. The van der Waals surface area contributed by atoms with Crippen LogP contribution in [0.2, 0.25) is 10.0 Å². The highest BCUT2D eigenvalue weighted by molar-refractivity contribution is 6.42. The average molecular weight is 320 g/mol. The third-order valence-corrected chi connectivity index (χ3v) is 3.84. The number of para-hydroxylation sites is 1. The minimum Gasteiger partial charge on any atom is -0.322 e. The number of hydrogen-bond acceptors (Lipinski definition) is 1. The molecule has 0 saturated heterocycles. The highest BCUT2D eigenvalue weighted by Gasteiger charge is 2.04. The minimum atomic E-state index is -0.182. The van der Waals surface area contributed by atoms with E-state index in [4.69, 9.17) is 23.2 Å². The van der Waals surface area contributed by atoms with Crippen molar-refractivity contribution in [3.8, 4) is 0 Å². The lowest BCUT2D eigenvalue weighted by atomic mass is 10.1. The summed E-state index contributed by atoms with van der Waals surface area (Å²) in [7, 11) is 0. The zero-order valence-corrected chi connectivity index (χ0v) is 13.3. The van der Waals surface area contributed by atoms with Crippen molar-refractivity contribution in [1.29, 1.82) is 0 Å². The van der Waals surface area contributed by atoms with E-state index in [0.29, 0.717) is 10.0 Å². The second-order valence-electron chi connectivity index (χ2n) is 4.76. The van der Waals surface area contributed by atoms with Crippen molar-refractivity contribution in [2.24, 2.45) is 0 Å². The summed E-state index contributed by atoms with van der Waals surface area (Å²) >= 11 is 11.8. The molecule has 0 aliphatic carbocycles. The summed E-state index contributed by atoms with van der Waals surface area (Å²) in [6.45, 7) is 3.93. The Hall–Kier alpha value is -1.77. The third kappa shape index (κ3) is 4.10. The van der Waals surface area contributed by atoms with Crippen LogP contribution in [0.1, 0.15) is 16.7 Å². The number of carbonyl (C=O) groups is 1. The molecule has 0 radical (unpaired) electrons. The number of benzene rings is 2. The van der Waals surface area contributed by atoms with Crippen LogP contribution in [-0.2, 0) is 4.79 Å². The van der Waals surface area contributed by atoms with Gasteiger partial charge in [-0.25, -0.2) is 0 Å². The van der Waals surface area contributed by atoms with Gasteiger partial charge in [-0.15, -0.1) is 0 Å². The maximum absolute atomic E-state index is 12.0. The number of amides is 1. The smallest absolute Gasteiger partial charge is 0.248 e. The van der Waals surface area contributed by atoms with Crippen LogP contribution in [0.15, 0.2) is 42.5 Å². The van der Waals surface area contributed by atoms with Gasteiger partial charge in [-0.05, 0) is 48.7 Å². The molecular weight excluding hydrogens is 305 g/mol. The molecule has 0 atom stereocenters. The molecule has 108 valence electrons. The summed E-state index contributed by atoms with van der Waals surface area (Å²) < 4.78 is 0. The molecule has 2 nitrogen and oxygen atoms in total. The number of rotatable bonds is 3. The summed E-state index contributed by atoms with van der Waals surface area (Å²) in [5.74, 6) is -0.182. The van der Waals surface area contributed by atoms with E-state index in [1.54, 1.807) is 24.3 Å². The van der Waals surface area contributed by atoms with Gasteiger partial charge in [-0.3, -0.25) is 4.79 Å². The number of hydrogen-bond donors (Lipinski definition) is 1. The van der Waals surface area contributed by atoms with Crippen LogP contribution in [0.4, 0.5) is 5.69 Å². The molecule has 2 rings (SSSR count). The fourth-order valence-corrected chi connectivity index (χ4v) is 2.27. The number of halogens is 2. The monoisotopic (exact) mass is 319 g/mol. The van der Waals surface area contributed by atoms with E-state index < -0.39 is 0 Å². The molecule has 21 heavy (non-hydrogen) atoms. The van der Waals surface area contributed by atoms with E-state index in [2.05, 4.69) is 5.32 Å². The molecule has 0 aromatic heterocycles. The van der Waals surface area contributed by atoms with Gasteiger partial charge in [-0.1, -0.05) is 47.5 Å². The first-order valence-electron chi connectivity index (χ1n) is 6.47. The first-order valence-corrected chi connectivity index (χ1v) is 7.23. The molecule has 2 aromatic rings. The Morgan fingerprint density at radius 1 is 1.05 bits per heavy atom. The molecule has 1 N–H and O–H groups in total. The van der Waals surface area contributed by atoms with Gasteiger partial charge < -0.3 is 5.32 Å². The Balaban J connectivity index is 2.11. The first kappa shape index (κ1) is 15.6. The fraction of sp³-hybridized carbons (Fsp3) is 0.118. The Morgan fingerprint density at radius 2 is 1.71 bits per heavy atom. The second-order valence-corrected chi connectivity index (χ2v) is 5.58. The zero-order chi connectivity index (χ0) is 15.4. The predicted octanol–water partition coefficient (Wildman–Crippen LogP) is 5.26. The Bertz CT molecular complexity index is 688. The van der Waals surface area contributed by atoms with E-state index in [1.807, 2.05) is 32.0 Å². The minimum absolute atomic E-state index is 0.182. The predicted molar refractivity (Wildman–Crippen MR) is 90.0 cm³/mol. The van der Waals surface area contributed by atoms with Crippen molar-refractivity contribution in [3.05, 3.63) is 69.2 Å². The van der Waals surface area contributed by atoms with Crippen LogP contribution < -0.4 is 5.32 Å². The quantitative estimate of drug-likeness (QED) is 0.768. The van der Waals surface area contributed by atoms with Crippen molar-refractivity contribution in [2.45, 2.75) is 13.8 Å². The number of anilines is 1. The van der Waals surface area contributed by atoms with Crippen LogP contribution >= 0.6 is 23.2 Å². The highest BCUT2D eigenvalue weighted by atomic mass is 35.5. The van der Waals surface area contributed by atoms with Crippen LogP contribution in [-0.4, -0.2) is 5.91 Å². The lowest BCUT2D eigenvalue weighted by Crippen LogP contribution is -2.10. The molecule has 0 saturated carbocycles. The second kappa shape index (κ2) is 6.79. The third-order valence-electron chi connectivity index (χ3n) is 3.10. The average Bonchev–Trinajstić information content (AvgIpc) is 2.44. The number of carbonyl (C=O) groups excluding carboxylic acids is 1. The van der Waals surface area contributed by atoms with Gasteiger partial charge in [0.15, 0.2) is 0 Å². The molecule has 0 aliphatic heterocycles. The standard InChI is InChI=1S/C17H15Cl2NO/c1-11-4-3-5-12(2)17(11)20-16(21)9-7-13-6-8-14(18)15(19)10-13/h3-10H,1-2H3,(H,20,21). The Morgan fingerprint density at radius 3 is 2.33 bits per heavy atom. The SMILES string of the molecule is Cc1cccc(C)c1NC(=O)C=Cc1ccc(Cl)c(Cl)c1. The Labute approximate surface area is 134 Å². The lowest BCUT2D eigenvalue weighted by molar-refractivity contribution is -0.111. The topological polar surface area (TPSA) is 29.1 Å². The maximum atomic E-state index is 12.0. The normalized spacial score (nSPS) is 10.9. The molecule has 0 spiro atoms. The Kier molecular flexibility index (Phi) is 5.05.